The lowest BCUT2D eigenvalue weighted by molar-refractivity contribution is 0.319. The predicted molar refractivity (Wildman–Crippen MR) is 103 cm³/mol. The van der Waals surface area contributed by atoms with E-state index in [-0.39, 0.29) is 0 Å². The summed E-state index contributed by atoms with van der Waals surface area (Å²) in [6, 6.07) is 15.9. The van der Waals surface area contributed by atoms with Crippen LogP contribution >= 0.6 is 12.2 Å². The van der Waals surface area contributed by atoms with E-state index in [2.05, 4.69) is 29.7 Å². The van der Waals surface area contributed by atoms with Gasteiger partial charge in [0, 0.05) is 5.69 Å². The summed E-state index contributed by atoms with van der Waals surface area (Å²) >= 11 is 5.28. The Bertz CT molecular complexity index is 627. The van der Waals surface area contributed by atoms with E-state index in [9.17, 15) is 0 Å². The minimum absolute atomic E-state index is 0.532. The van der Waals surface area contributed by atoms with Crippen molar-refractivity contribution in [1.29, 1.82) is 0 Å². The Kier molecular flexibility index (Phi) is 7.36. The van der Waals surface area contributed by atoms with Crippen LogP contribution in [0, 0.1) is 0 Å². The molecular formula is C19H24N2O2S. The summed E-state index contributed by atoms with van der Waals surface area (Å²) in [5, 5.41) is 6.89. The van der Waals surface area contributed by atoms with Gasteiger partial charge < -0.3 is 20.1 Å². The molecule has 0 unspecified atom stereocenters. The highest BCUT2D eigenvalue weighted by Gasteiger charge is 1.99. The van der Waals surface area contributed by atoms with E-state index in [1.165, 1.54) is 5.56 Å². The van der Waals surface area contributed by atoms with Crippen LogP contribution in [-0.2, 0) is 6.42 Å². The third kappa shape index (κ3) is 6.08. The van der Waals surface area contributed by atoms with Crippen LogP contribution in [-0.4, -0.2) is 24.9 Å². The van der Waals surface area contributed by atoms with E-state index < -0.39 is 0 Å². The average molecular weight is 344 g/mol. The quantitative estimate of drug-likeness (QED) is 0.559. The normalized spacial score (nSPS) is 10.1. The number of thiocarbonyl (C=S) groups is 1. The van der Waals surface area contributed by atoms with Crippen molar-refractivity contribution in [3.8, 4) is 11.5 Å². The fourth-order valence-corrected chi connectivity index (χ4v) is 2.35. The molecule has 0 aliphatic rings. The second-order valence-corrected chi connectivity index (χ2v) is 5.59. The number of anilines is 1. The van der Waals surface area contributed by atoms with Gasteiger partial charge in [-0.3, -0.25) is 0 Å². The standard InChI is InChI=1S/C19H24N2O2S/c1-3-15-5-7-16(8-6-15)21-19(24)20-13-14-23-18-11-9-17(10-12-18)22-4-2/h5-12H,3-4,13-14H2,1-2H3,(H2,20,21,24). The lowest BCUT2D eigenvalue weighted by atomic mass is 10.1. The molecule has 0 aliphatic heterocycles. The molecule has 2 aromatic carbocycles. The van der Waals surface area contributed by atoms with Crippen LogP contribution in [0.1, 0.15) is 19.4 Å². The van der Waals surface area contributed by atoms with Gasteiger partial charge in [-0.05, 0) is 67.5 Å². The maximum Gasteiger partial charge on any atom is 0.170 e. The molecule has 0 heterocycles. The van der Waals surface area contributed by atoms with E-state index in [1.807, 2.05) is 43.3 Å². The molecule has 24 heavy (non-hydrogen) atoms. The summed E-state index contributed by atoms with van der Waals surface area (Å²) in [6.45, 7) is 5.93. The Hall–Kier alpha value is -2.27. The molecule has 0 saturated carbocycles. The van der Waals surface area contributed by atoms with Crippen LogP contribution < -0.4 is 20.1 Å². The molecule has 2 aromatic rings. The molecule has 2 rings (SSSR count). The molecule has 0 fully saturated rings. The van der Waals surface area contributed by atoms with Crippen molar-refractivity contribution in [1.82, 2.24) is 5.32 Å². The van der Waals surface area contributed by atoms with E-state index in [1.54, 1.807) is 0 Å². The van der Waals surface area contributed by atoms with Crippen molar-refractivity contribution >= 4 is 23.0 Å². The van der Waals surface area contributed by atoms with Crippen molar-refractivity contribution in [3.63, 3.8) is 0 Å². The Balaban J connectivity index is 1.66. The van der Waals surface area contributed by atoms with Crippen molar-refractivity contribution in [2.24, 2.45) is 0 Å². The monoisotopic (exact) mass is 344 g/mol. The summed E-state index contributed by atoms with van der Waals surface area (Å²) in [6.07, 6.45) is 1.03. The van der Waals surface area contributed by atoms with Crippen molar-refractivity contribution < 1.29 is 9.47 Å². The topological polar surface area (TPSA) is 42.5 Å². The van der Waals surface area contributed by atoms with Gasteiger partial charge in [-0.25, -0.2) is 0 Å². The minimum atomic E-state index is 0.532. The van der Waals surface area contributed by atoms with Crippen molar-refractivity contribution in [2.75, 3.05) is 25.1 Å². The zero-order valence-electron chi connectivity index (χ0n) is 14.2. The predicted octanol–water partition coefficient (Wildman–Crippen LogP) is 4.01. The summed E-state index contributed by atoms with van der Waals surface area (Å²) in [4.78, 5) is 0. The zero-order chi connectivity index (χ0) is 17.2. The summed E-state index contributed by atoms with van der Waals surface area (Å²) in [5.41, 5.74) is 2.29. The lowest BCUT2D eigenvalue weighted by Gasteiger charge is -2.12. The van der Waals surface area contributed by atoms with E-state index in [0.717, 1.165) is 23.6 Å². The van der Waals surface area contributed by atoms with Gasteiger partial charge in [0.2, 0.25) is 0 Å². The zero-order valence-corrected chi connectivity index (χ0v) is 15.0. The second-order valence-electron chi connectivity index (χ2n) is 5.18. The summed E-state index contributed by atoms with van der Waals surface area (Å²) in [7, 11) is 0. The molecule has 0 aromatic heterocycles. The minimum Gasteiger partial charge on any atom is -0.494 e. The molecule has 0 aliphatic carbocycles. The summed E-state index contributed by atoms with van der Waals surface area (Å²) in [5.74, 6) is 1.66. The fraction of sp³-hybridized carbons (Fsp3) is 0.316. The molecule has 0 bridgehead atoms. The lowest BCUT2D eigenvalue weighted by Crippen LogP contribution is -2.31. The van der Waals surface area contributed by atoms with E-state index >= 15 is 0 Å². The highest BCUT2D eigenvalue weighted by atomic mass is 32.1. The Morgan fingerprint density at radius 2 is 1.54 bits per heavy atom. The smallest absolute Gasteiger partial charge is 0.170 e. The van der Waals surface area contributed by atoms with Gasteiger partial charge in [-0.2, -0.15) is 0 Å². The van der Waals surface area contributed by atoms with Gasteiger partial charge in [0.1, 0.15) is 18.1 Å². The first kappa shape index (κ1) is 18.1. The van der Waals surface area contributed by atoms with E-state index in [0.29, 0.717) is 24.9 Å². The first-order chi connectivity index (χ1) is 11.7. The number of benzene rings is 2. The maximum atomic E-state index is 5.66. The van der Waals surface area contributed by atoms with Gasteiger partial charge in [0.25, 0.3) is 0 Å². The SMILES string of the molecule is CCOc1ccc(OCCNC(=S)Nc2ccc(CC)cc2)cc1. The molecule has 0 spiro atoms. The molecule has 0 atom stereocenters. The van der Waals surface area contributed by atoms with E-state index in [4.69, 9.17) is 21.7 Å². The Morgan fingerprint density at radius 3 is 2.12 bits per heavy atom. The third-order valence-corrected chi connectivity index (χ3v) is 3.66. The van der Waals surface area contributed by atoms with Crippen LogP contribution in [0.25, 0.3) is 0 Å². The molecule has 5 heteroatoms. The Labute approximate surface area is 149 Å². The number of ether oxygens (including phenoxy) is 2. The van der Waals surface area contributed by atoms with Gasteiger partial charge in [-0.1, -0.05) is 19.1 Å². The van der Waals surface area contributed by atoms with Crippen LogP contribution in [0.4, 0.5) is 5.69 Å². The van der Waals surface area contributed by atoms with Crippen LogP contribution in [0.15, 0.2) is 48.5 Å². The number of hydrogen-bond acceptors (Lipinski definition) is 3. The average Bonchev–Trinajstić information content (AvgIpc) is 2.61. The molecule has 128 valence electrons. The molecule has 4 nitrogen and oxygen atoms in total. The highest BCUT2D eigenvalue weighted by molar-refractivity contribution is 7.80. The van der Waals surface area contributed by atoms with Gasteiger partial charge in [0.15, 0.2) is 5.11 Å². The van der Waals surface area contributed by atoms with Gasteiger partial charge in [-0.15, -0.1) is 0 Å². The Morgan fingerprint density at radius 1 is 0.917 bits per heavy atom. The fourth-order valence-electron chi connectivity index (χ4n) is 2.13. The maximum absolute atomic E-state index is 5.66. The van der Waals surface area contributed by atoms with Crippen LogP contribution in [0.2, 0.25) is 0 Å². The summed E-state index contributed by atoms with van der Waals surface area (Å²) < 4.78 is 11.1. The molecular weight excluding hydrogens is 320 g/mol. The first-order valence-electron chi connectivity index (χ1n) is 8.20. The molecule has 0 amide bonds. The number of aryl methyl sites for hydroxylation is 1. The largest absolute Gasteiger partial charge is 0.494 e. The van der Waals surface area contributed by atoms with Gasteiger partial charge >= 0.3 is 0 Å². The van der Waals surface area contributed by atoms with Crippen molar-refractivity contribution in [2.45, 2.75) is 20.3 Å². The number of hydrogen-bond donors (Lipinski definition) is 2. The second kappa shape index (κ2) is 9.78. The first-order valence-corrected chi connectivity index (χ1v) is 8.61. The van der Waals surface area contributed by atoms with Gasteiger partial charge in [0.05, 0.1) is 13.2 Å². The van der Waals surface area contributed by atoms with Crippen molar-refractivity contribution in [3.05, 3.63) is 54.1 Å². The molecule has 2 N–H and O–H groups in total. The number of nitrogens with one attached hydrogen (secondary N) is 2. The van der Waals surface area contributed by atoms with Crippen LogP contribution in [0.5, 0.6) is 11.5 Å². The molecule has 0 saturated heterocycles. The third-order valence-electron chi connectivity index (χ3n) is 3.41. The number of rotatable bonds is 8. The highest BCUT2D eigenvalue weighted by Crippen LogP contribution is 2.17. The molecule has 0 radical (unpaired) electrons. The van der Waals surface area contributed by atoms with Crippen LogP contribution in [0.3, 0.4) is 0 Å².